The average Bonchev–Trinajstić information content (AvgIpc) is 3.18. The van der Waals surface area contributed by atoms with Crippen LogP contribution in [0.2, 0.25) is 5.02 Å². The number of carbonyl (C=O) groups excluding carboxylic acids is 2. The number of carbonyl (C=O) groups is 2. The number of methoxy groups -OCH3 is 4. The van der Waals surface area contributed by atoms with Gasteiger partial charge in [0.05, 0.1) is 39.7 Å². The summed E-state index contributed by atoms with van der Waals surface area (Å²) in [5.41, 5.74) is 0.835. The largest absolute Gasteiger partial charge is 0.493 e. The van der Waals surface area contributed by atoms with E-state index in [9.17, 15) is 9.59 Å². The molecule has 0 unspecified atom stereocenters. The molecule has 2 aromatic carbocycles. The Hall–Kier alpha value is -3.65. The fourth-order valence-corrected chi connectivity index (χ4v) is 3.15. The molecule has 0 aliphatic carbocycles. The Morgan fingerprint density at radius 2 is 1.61 bits per heavy atom. The first-order valence-corrected chi connectivity index (χ1v) is 9.38. The van der Waals surface area contributed by atoms with Crippen molar-refractivity contribution in [3.8, 4) is 17.2 Å². The molecule has 3 rings (SSSR count). The van der Waals surface area contributed by atoms with Crippen LogP contribution in [0.15, 0.2) is 40.8 Å². The van der Waals surface area contributed by atoms with Crippen LogP contribution in [0.1, 0.15) is 16.1 Å². The first kappa shape index (κ1) is 22.0. The maximum Gasteiger partial charge on any atom is 0.340 e. The fourth-order valence-electron chi connectivity index (χ4n) is 2.93. The molecular weight excluding hydrogens is 426 g/mol. The SMILES string of the molecule is COC(=O)c1cc(OC)c(OC)cc1NC(=O)C=Cc1cc2cc(Cl)cc(OC)c2o1. The average molecular weight is 446 g/mol. The Morgan fingerprint density at radius 3 is 2.26 bits per heavy atom. The van der Waals surface area contributed by atoms with Gasteiger partial charge in [-0.2, -0.15) is 0 Å². The molecule has 1 heterocycles. The van der Waals surface area contributed by atoms with Crippen LogP contribution in [0, 0.1) is 0 Å². The topological polar surface area (TPSA) is 96.2 Å². The summed E-state index contributed by atoms with van der Waals surface area (Å²) in [6, 6.07) is 8.00. The van der Waals surface area contributed by atoms with E-state index in [0.29, 0.717) is 33.6 Å². The minimum absolute atomic E-state index is 0.116. The number of benzene rings is 2. The molecule has 0 radical (unpaired) electrons. The summed E-state index contributed by atoms with van der Waals surface area (Å²) < 4.78 is 26.2. The second-order valence-electron chi connectivity index (χ2n) is 6.24. The summed E-state index contributed by atoms with van der Waals surface area (Å²) in [6.45, 7) is 0. The van der Waals surface area contributed by atoms with E-state index in [4.69, 9.17) is 35.0 Å². The third-order valence-corrected chi connectivity index (χ3v) is 4.59. The Kier molecular flexibility index (Phi) is 6.71. The van der Waals surface area contributed by atoms with Crippen molar-refractivity contribution >= 4 is 46.2 Å². The third-order valence-electron chi connectivity index (χ3n) is 4.37. The summed E-state index contributed by atoms with van der Waals surface area (Å²) in [5, 5.41) is 3.87. The molecule has 1 amide bonds. The molecule has 162 valence electrons. The summed E-state index contributed by atoms with van der Waals surface area (Å²) in [5.74, 6) is 0.442. The van der Waals surface area contributed by atoms with Crippen LogP contribution in [0.5, 0.6) is 17.2 Å². The number of fused-ring (bicyclic) bond motifs is 1. The Balaban J connectivity index is 1.87. The molecule has 0 spiro atoms. The highest BCUT2D eigenvalue weighted by Crippen LogP contribution is 2.34. The molecule has 8 nitrogen and oxygen atoms in total. The van der Waals surface area contributed by atoms with Crippen molar-refractivity contribution in [3.05, 3.63) is 52.8 Å². The first-order chi connectivity index (χ1) is 14.9. The Morgan fingerprint density at radius 1 is 0.935 bits per heavy atom. The van der Waals surface area contributed by atoms with Crippen molar-refractivity contribution in [1.82, 2.24) is 0 Å². The highest BCUT2D eigenvalue weighted by molar-refractivity contribution is 6.31. The predicted octanol–water partition coefficient (Wildman–Crippen LogP) is 4.55. The van der Waals surface area contributed by atoms with Gasteiger partial charge in [-0.25, -0.2) is 4.79 Å². The van der Waals surface area contributed by atoms with Gasteiger partial charge in [-0.3, -0.25) is 4.79 Å². The van der Waals surface area contributed by atoms with Crippen LogP contribution in [-0.4, -0.2) is 40.3 Å². The number of furan rings is 1. The smallest absolute Gasteiger partial charge is 0.340 e. The van der Waals surface area contributed by atoms with Crippen LogP contribution >= 0.6 is 11.6 Å². The number of nitrogens with one attached hydrogen (secondary N) is 1. The van der Waals surface area contributed by atoms with Gasteiger partial charge < -0.3 is 28.7 Å². The van der Waals surface area contributed by atoms with Gasteiger partial charge >= 0.3 is 5.97 Å². The van der Waals surface area contributed by atoms with Crippen LogP contribution in [0.3, 0.4) is 0 Å². The molecule has 9 heteroatoms. The third kappa shape index (κ3) is 4.75. The van der Waals surface area contributed by atoms with Crippen molar-refractivity contribution in [1.29, 1.82) is 0 Å². The zero-order chi connectivity index (χ0) is 22.5. The lowest BCUT2D eigenvalue weighted by atomic mass is 10.1. The Labute approximate surface area is 183 Å². The minimum atomic E-state index is -0.638. The van der Waals surface area contributed by atoms with Crippen molar-refractivity contribution in [3.63, 3.8) is 0 Å². The number of halogens is 1. The zero-order valence-corrected chi connectivity index (χ0v) is 18.0. The highest BCUT2D eigenvalue weighted by Gasteiger charge is 2.18. The number of rotatable bonds is 7. The molecule has 0 aliphatic heterocycles. The van der Waals surface area contributed by atoms with Gasteiger partial charge in [-0.05, 0) is 18.2 Å². The molecular formula is C22H20ClNO7. The van der Waals surface area contributed by atoms with E-state index >= 15 is 0 Å². The van der Waals surface area contributed by atoms with Crippen LogP contribution in [-0.2, 0) is 9.53 Å². The number of hydrogen-bond acceptors (Lipinski definition) is 7. The van der Waals surface area contributed by atoms with E-state index in [1.807, 2.05) is 0 Å². The second-order valence-corrected chi connectivity index (χ2v) is 6.68. The van der Waals surface area contributed by atoms with Gasteiger partial charge in [0.15, 0.2) is 22.8 Å². The lowest BCUT2D eigenvalue weighted by Gasteiger charge is -2.13. The zero-order valence-electron chi connectivity index (χ0n) is 17.3. The van der Waals surface area contributed by atoms with Crippen LogP contribution in [0.4, 0.5) is 5.69 Å². The minimum Gasteiger partial charge on any atom is -0.493 e. The van der Waals surface area contributed by atoms with Crippen molar-refractivity contribution in [2.45, 2.75) is 0 Å². The van der Waals surface area contributed by atoms with Crippen LogP contribution in [0.25, 0.3) is 17.0 Å². The maximum atomic E-state index is 12.5. The highest BCUT2D eigenvalue weighted by atomic mass is 35.5. The van der Waals surface area contributed by atoms with Gasteiger partial charge in [0.1, 0.15) is 5.76 Å². The monoisotopic (exact) mass is 445 g/mol. The van der Waals surface area contributed by atoms with Crippen LogP contribution < -0.4 is 19.5 Å². The molecule has 1 N–H and O–H groups in total. The second kappa shape index (κ2) is 9.44. The molecule has 0 fully saturated rings. The maximum absolute atomic E-state index is 12.5. The molecule has 0 saturated heterocycles. The van der Waals surface area contributed by atoms with Crippen molar-refractivity contribution in [2.24, 2.45) is 0 Å². The lowest BCUT2D eigenvalue weighted by molar-refractivity contribution is -0.111. The van der Waals surface area contributed by atoms with Gasteiger partial charge in [0, 0.05) is 34.7 Å². The number of ether oxygens (including phenoxy) is 4. The summed E-state index contributed by atoms with van der Waals surface area (Å²) in [6.07, 6.45) is 2.75. The lowest BCUT2D eigenvalue weighted by Crippen LogP contribution is -2.13. The molecule has 31 heavy (non-hydrogen) atoms. The van der Waals surface area contributed by atoms with Gasteiger partial charge in [-0.1, -0.05) is 11.6 Å². The van der Waals surface area contributed by atoms with E-state index in [1.165, 1.54) is 52.7 Å². The molecule has 1 aromatic heterocycles. The Bertz CT molecular complexity index is 1170. The van der Waals surface area contributed by atoms with E-state index in [1.54, 1.807) is 18.2 Å². The number of amides is 1. The van der Waals surface area contributed by atoms with E-state index < -0.39 is 11.9 Å². The summed E-state index contributed by atoms with van der Waals surface area (Å²) in [4.78, 5) is 24.6. The van der Waals surface area contributed by atoms with E-state index in [0.717, 1.165) is 5.39 Å². The number of esters is 1. The van der Waals surface area contributed by atoms with Gasteiger partial charge in [-0.15, -0.1) is 0 Å². The van der Waals surface area contributed by atoms with E-state index in [-0.39, 0.29) is 11.3 Å². The molecule has 0 aliphatic rings. The molecule has 0 saturated carbocycles. The normalized spacial score (nSPS) is 10.9. The van der Waals surface area contributed by atoms with Crippen molar-refractivity contribution < 1.29 is 33.0 Å². The van der Waals surface area contributed by atoms with Crippen molar-refractivity contribution in [2.75, 3.05) is 33.8 Å². The van der Waals surface area contributed by atoms with Gasteiger partial charge in [0.2, 0.25) is 5.91 Å². The van der Waals surface area contributed by atoms with Gasteiger partial charge in [0.25, 0.3) is 0 Å². The molecule has 0 atom stereocenters. The quantitative estimate of drug-likeness (QED) is 0.421. The first-order valence-electron chi connectivity index (χ1n) is 9.00. The molecule has 0 bridgehead atoms. The standard InChI is InChI=1S/C22H20ClNO7/c1-27-17-10-15(22(26)30-4)16(11-18(17)28-2)24-20(25)6-5-14-8-12-7-13(23)9-19(29-3)21(12)31-14/h5-11H,1-4H3,(H,24,25). The fraction of sp³-hybridized carbons (Fsp3) is 0.182. The number of anilines is 1. The summed E-state index contributed by atoms with van der Waals surface area (Å²) in [7, 11) is 5.64. The summed E-state index contributed by atoms with van der Waals surface area (Å²) >= 11 is 6.07. The predicted molar refractivity (Wildman–Crippen MR) is 116 cm³/mol. The van der Waals surface area contributed by atoms with E-state index in [2.05, 4.69) is 5.32 Å². The number of hydrogen-bond donors (Lipinski definition) is 1. The molecule has 3 aromatic rings.